The normalized spacial score (nSPS) is 10.8. The molecule has 8 heteroatoms. The maximum atomic E-state index is 12.3. The van der Waals surface area contributed by atoms with Crippen LogP contribution in [0.1, 0.15) is 20.7 Å². The van der Waals surface area contributed by atoms with E-state index in [1.54, 1.807) is 54.6 Å². The van der Waals surface area contributed by atoms with Crippen LogP contribution in [-0.2, 0) is 10.0 Å². The fourth-order valence-corrected chi connectivity index (χ4v) is 3.04. The number of hydrogen-bond donors (Lipinski definition) is 2. The lowest BCUT2D eigenvalue weighted by molar-refractivity contribution is 0.0734. The molecule has 29 heavy (non-hydrogen) atoms. The fourth-order valence-electron chi connectivity index (χ4n) is 2.49. The topological polar surface area (TPSA) is 102 Å². The highest BCUT2D eigenvalue weighted by Gasteiger charge is 2.11. The minimum Gasteiger partial charge on any atom is -0.423 e. The Morgan fingerprint density at radius 3 is 2.10 bits per heavy atom. The third-order valence-corrected chi connectivity index (χ3v) is 4.37. The molecule has 148 valence electrons. The second kappa shape index (κ2) is 8.57. The number of carbonyl (C=O) groups excluding carboxylic acids is 2. The first kappa shape index (κ1) is 20.1. The van der Waals surface area contributed by atoms with E-state index in [1.807, 2.05) is 6.07 Å². The number of nitrogens with one attached hydrogen (secondary N) is 2. The number of esters is 1. The SMILES string of the molecule is CS(=O)(=O)Nc1cccc(C(=O)Oc2ccc(NC(=O)c3ccccc3)cc2)c1. The summed E-state index contributed by atoms with van der Waals surface area (Å²) in [6.07, 6.45) is 1.02. The van der Waals surface area contributed by atoms with E-state index in [0.717, 1.165) is 6.26 Å². The van der Waals surface area contributed by atoms with Gasteiger partial charge in [0.25, 0.3) is 5.91 Å². The van der Waals surface area contributed by atoms with Crippen LogP contribution in [0.2, 0.25) is 0 Å². The van der Waals surface area contributed by atoms with Crippen LogP contribution >= 0.6 is 0 Å². The zero-order valence-electron chi connectivity index (χ0n) is 15.5. The van der Waals surface area contributed by atoms with E-state index in [-0.39, 0.29) is 22.9 Å². The molecule has 0 saturated heterocycles. The molecule has 0 spiro atoms. The van der Waals surface area contributed by atoms with E-state index in [2.05, 4.69) is 10.0 Å². The Balaban J connectivity index is 1.64. The van der Waals surface area contributed by atoms with Crippen molar-refractivity contribution in [3.05, 3.63) is 90.0 Å². The number of ether oxygens (including phenoxy) is 1. The van der Waals surface area contributed by atoms with E-state index in [1.165, 1.54) is 18.2 Å². The average molecular weight is 410 g/mol. The third-order valence-electron chi connectivity index (χ3n) is 3.76. The molecule has 3 aromatic rings. The fraction of sp³-hybridized carbons (Fsp3) is 0.0476. The Morgan fingerprint density at radius 1 is 0.793 bits per heavy atom. The molecule has 0 saturated carbocycles. The molecule has 0 aromatic heterocycles. The zero-order chi connectivity index (χ0) is 20.9. The number of rotatable bonds is 6. The van der Waals surface area contributed by atoms with E-state index < -0.39 is 16.0 Å². The first-order valence-corrected chi connectivity index (χ1v) is 10.5. The quantitative estimate of drug-likeness (QED) is 0.478. The van der Waals surface area contributed by atoms with Gasteiger partial charge in [0.2, 0.25) is 10.0 Å². The summed E-state index contributed by atoms with van der Waals surface area (Å²) < 4.78 is 30.2. The molecule has 3 aromatic carbocycles. The Bertz CT molecular complexity index is 1130. The van der Waals surface area contributed by atoms with Crippen molar-refractivity contribution in [1.82, 2.24) is 0 Å². The van der Waals surface area contributed by atoms with Gasteiger partial charge < -0.3 is 10.1 Å². The molecule has 0 bridgehead atoms. The van der Waals surface area contributed by atoms with Crippen LogP contribution in [-0.4, -0.2) is 26.6 Å². The first-order chi connectivity index (χ1) is 13.8. The van der Waals surface area contributed by atoms with Crippen LogP contribution < -0.4 is 14.8 Å². The van der Waals surface area contributed by atoms with E-state index in [4.69, 9.17) is 4.74 Å². The molecule has 0 heterocycles. The summed E-state index contributed by atoms with van der Waals surface area (Å²) in [4.78, 5) is 24.5. The number of carbonyl (C=O) groups is 2. The van der Waals surface area contributed by atoms with Gasteiger partial charge in [0, 0.05) is 16.9 Å². The molecule has 0 radical (unpaired) electrons. The van der Waals surface area contributed by atoms with Crippen molar-refractivity contribution >= 4 is 33.3 Å². The van der Waals surface area contributed by atoms with Gasteiger partial charge in [-0.3, -0.25) is 9.52 Å². The summed E-state index contributed by atoms with van der Waals surface area (Å²) in [7, 11) is -3.45. The Labute approximate surface area is 168 Å². The summed E-state index contributed by atoms with van der Waals surface area (Å²) in [6.45, 7) is 0. The zero-order valence-corrected chi connectivity index (χ0v) is 16.3. The summed E-state index contributed by atoms with van der Waals surface area (Å²) in [5.74, 6) is -0.594. The highest BCUT2D eigenvalue weighted by atomic mass is 32.2. The maximum Gasteiger partial charge on any atom is 0.343 e. The molecule has 0 aliphatic heterocycles. The molecule has 0 atom stereocenters. The van der Waals surface area contributed by atoms with Crippen LogP contribution in [0.5, 0.6) is 5.75 Å². The first-order valence-electron chi connectivity index (χ1n) is 8.57. The van der Waals surface area contributed by atoms with Gasteiger partial charge in [-0.25, -0.2) is 13.2 Å². The van der Waals surface area contributed by atoms with Gasteiger partial charge in [0.1, 0.15) is 5.75 Å². The Kier molecular flexibility index (Phi) is 5.94. The summed E-state index contributed by atoms with van der Waals surface area (Å²) in [5.41, 5.74) is 1.55. The average Bonchev–Trinajstić information content (AvgIpc) is 2.69. The standard InChI is InChI=1S/C21H18N2O5S/c1-29(26,27)23-18-9-5-8-16(14-18)21(25)28-19-12-10-17(11-13-19)22-20(24)15-6-3-2-4-7-15/h2-14,23H,1H3,(H,22,24). The van der Waals surface area contributed by atoms with Crippen LogP contribution in [0.3, 0.4) is 0 Å². The van der Waals surface area contributed by atoms with Crippen molar-refractivity contribution < 1.29 is 22.7 Å². The van der Waals surface area contributed by atoms with Gasteiger partial charge >= 0.3 is 5.97 Å². The van der Waals surface area contributed by atoms with Crippen molar-refractivity contribution in [2.75, 3.05) is 16.3 Å². The highest BCUT2D eigenvalue weighted by molar-refractivity contribution is 7.92. The third kappa shape index (κ3) is 5.91. The minimum absolute atomic E-state index is 0.195. The largest absolute Gasteiger partial charge is 0.423 e. The van der Waals surface area contributed by atoms with Crippen LogP contribution in [0.4, 0.5) is 11.4 Å². The molecular weight excluding hydrogens is 392 g/mol. The summed E-state index contributed by atoms with van der Waals surface area (Å²) >= 11 is 0. The van der Waals surface area contributed by atoms with E-state index in [9.17, 15) is 18.0 Å². The monoisotopic (exact) mass is 410 g/mol. The number of benzene rings is 3. The van der Waals surface area contributed by atoms with E-state index >= 15 is 0 Å². The molecule has 0 unspecified atom stereocenters. The van der Waals surface area contributed by atoms with Gasteiger partial charge in [0.05, 0.1) is 11.8 Å². The highest BCUT2D eigenvalue weighted by Crippen LogP contribution is 2.19. The summed E-state index contributed by atoms with van der Waals surface area (Å²) in [5, 5.41) is 2.76. The number of anilines is 2. The second-order valence-corrected chi connectivity index (χ2v) is 7.94. The Morgan fingerprint density at radius 2 is 1.45 bits per heavy atom. The number of sulfonamides is 1. The van der Waals surface area contributed by atoms with Gasteiger partial charge in [-0.1, -0.05) is 24.3 Å². The maximum absolute atomic E-state index is 12.3. The molecular formula is C21H18N2O5S. The lowest BCUT2D eigenvalue weighted by atomic mass is 10.2. The molecule has 0 aliphatic carbocycles. The van der Waals surface area contributed by atoms with Gasteiger partial charge in [-0.2, -0.15) is 0 Å². The van der Waals surface area contributed by atoms with Gasteiger partial charge in [-0.15, -0.1) is 0 Å². The van der Waals surface area contributed by atoms with Crippen molar-refractivity contribution in [1.29, 1.82) is 0 Å². The lowest BCUT2D eigenvalue weighted by Crippen LogP contribution is -2.12. The Hall–Kier alpha value is -3.65. The van der Waals surface area contributed by atoms with Crippen LogP contribution in [0.15, 0.2) is 78.9 Å². The second-order valence-electron chi connectivity index (χ2n) is 6.19. The molecule has 0 aliphatic rings. The molecule has 2 N–H and O–H groups in total. The molecule has 7 nitrogen and oxygen atoms in total. The van der Waals surface area contributed by atoms with Crippen molar-refractivity contribution in [2.45, 2.75) is 0 Å². The number of amides is 1. The smallest absolute Gasteiger partial charge is 0.343 e. The van der Waals surface area contributed by atoms with Crippen LogP contribution in [0, 0.1) is 0 Å². The minimum atomic E-state index is -3.45. The van der Waals surface area contributed by atoms with Crippen molar-refractivity contribution in [3.8, 4) is 5.75 Å². The van der Waals surface area contributed by atoms with Gasteiger partial charge in [0.15, 0.2) is 0 Å². The lowest BCUT2D eigenvalue weighted by Gasteiger charge is -2.09. The molecule has 3 rings (SSSR count). The predicted molar refractivity (Wildman–Crippen MR) is 111 cm³/mol. The van der Waals surface area contributed by atoms with Gasteiger partial charge in [-0.05, 0) is 54.6 Å². The van der Waals surface area contributed by atoms with E-state index in [0.29, 0.717) is 11.3 Å². The summed E-state index contributed by atoms with van der Waals surface area (Å²) in [6, 6.07) is 21.1. The predicted octanol–water partition coefficient (Wildman–Crippen LogP) is 3.53. The van der Waals surface area contributed by atoms with Crippen LogP contribution in [0.25, 0.3) is 0 Å². The molecule has 1 amide bonds. The number of hydrogen-bond acceptors (Lipinski definition) is 5. The van der Waals surface area contributed by atoms with Crippen molar-refractivity contribution in [2.24, 2.45) is 0 Å². The van der Waals surface area contributed by atoms with Crippen molar-refractivity contribution in [3.63, 3.8) is 0 Å². The molecule has 0 fully saturated rings.